The van der Waals surface area contributed by atoms with Crippen LogP contribution in [0.4, 0.5) is 22.0 Å². The molecule has 204 valence electrons. The molecule has 0 aliphatic heterocycles. The zero-order valence-electron chi connectivity index (χ0n) is 20.8. The number of halogens is 5. The fraction of sp³-hybridized carbons (Fsp3) is 0.321. The topological polar surface area (TPSA) is 55.8 Å². The summed E-state index contributed by atoms with van der Waals surface area (Å²) < 4.78 is 78.3. The highest BCUT2D eigenvalue weighted by Crippen LogP contribution is 2.39. The quantitative estimate of drug-likeness (QED) is 0.180. The van der Waals surface area contributed by atoms with E-state index in [0.717, 1.165) is 52.8 Å². The standard InChI is InChI=1S/C28H27F5O4S/c1-3-18-14-22(8-4-19(18)5-11-27(34)35)38-13-12-17(2)36-25-9-6-20(28(31,32)33)15-26(25)37-24-10-7-21(29)16-23(24)30/h4,6-10,14-17H,3,5,11-13H2,1-2H3,(H,34,35)/t17-/m0/s1. The van der Waals surface area contributed by atoms with Gasteiger partial charge in [0.1, 0.15) is 5.82 Å². The number of thioether (sulfide) groups is 1. The molecule has 10 heteroatoms. The minimum absolute atomic E-state index is 0.00437. The molecule has 0 aromatic heterocycles. The highest BCUT2D eigenvalue weighted by atomic mass is 32.2. The predicted octanol–water partition coefficient (Wildman–Crippen LogP) is 8.31. The Kier molecular flexibility index (Phi) is 10.0. The van der Waals surface area contributed by atoms with E-state index in [9.17, 15) is 26.7 Å². The van der Waals surface area contributed by atoms with Crippen LogP contribution in [-0.4, -0.2) is 22.9 Å². The van der Waals surface area contributed by atoms with Crippen LogP contribution in [0.5, 0.6) is 17.2 Å². The number of aliphatic carboxylic acids is 1. The molecule has 3 aromatic rings. The summed E-state index contributed by atoms with van der Waals surface area (Å²) in [5.41, 5.74) is 1.09. The molecule has 0 radical (unpaired) electrons. The number of benzene rings is 3. The maximum absolute atomic E-state index is 14.1. The summed E-state index contributed by atoms with van der Waals surface area (Å²) in [6.45, 7) is 3.76. The average Bonchev–Trinajstić information content (AvgIpc) is 2.85. The van der Waals surface area contributed by atoms with Gasteiger partial charge < -0.3 is 14.6 Å². The van der Waals surface area contributed by atoms with Gasteiger partial charge in [-0.05, 0) is 79.8 Å². The highest BCUT2D eigenvalue weighted by molar-refractivity contribution is 7.99. The third kappa shape index (κ3) is 8.37. The zero-order valence-corrected chi connectivity index (χ0v) is 21.6. The van der Waals surface area contributed by atoms with Crippen LogP contribution < -0.4 is 9.47 Å². The van der Waals surface area contributed by atoms with Crippen molar-refractivity contribution < 1.29 is 41.3 Å². The van der Waals surface area contributed by atoms with Crippen molar-refractivity contribution in [1.29, 1.82) is 0 Å². The Balaban J connectivity index is 1.67. The Labute approximate surface area is 221 Å². The van der Waals surface area contributed by atoms with Crippen molar-refractivity contribution in [2.45, 2.75) is 56.7 Å². The SMILES string of the molecule is CCc1cc(SCC[C@H](C)Oc2ccc(C(F)(F)F)cc2Oc2ccc(F)cc2F)ccc1CCC(=O)O. The Morgan fingerprint density at radius 1 is 0.974 bits per heavy atom. The summed E-state index contributed by atoms with van der Waals surface area (Å²) >= 11 is 1.58. The van der Waals surface area contributed by atoms with E-state index in [2.05, 4.69) is 0 Å². The van der Waals surface area contributed by atoms with Crippen LogP contribution in [0.2, 0.25) is 0 Å². The van der Waals surface area contributed by atoms with E-state index < -0.39 is 41.2 Å². The Morgan fingerprint density at radius 2 is 1.71 bits per heavy atom. The van der Waals surface area contributed by atoms with E-state index >= 15 is 0 Å². The maximum atomic E-state index is 14.1. The molecule has 1 atom stereocenters. The van der Waals surface area contributed by atoms with Crippen LogP contribution in [0.3, 0.4) is 0 Å². The average molecular weight is 555 g/mol. The lowest BCUT2D eigenvalue weighted by atomic mass is 10.0. The molecular formula is C28H27F5O4S. The van der Waals surface area contributed by atoms with E-state index in [1.807, 2.05) is 25.1 Å². The highest BCUT2D eigenvalue weighted by Gasteiger charge is 2.32. The first kappa shape index (κ1) is 29.3. The Hall–Kier alpha value is -3.27. The first-order valence-electron chi connectivity index (χ1n) is 11.9. The number of ether oxygens (including phenoxy) is 2. The molecule has 38 heavy (non-hydrogen) atoms. The fourth-order valence-electron chi connectivity index (χ4n) is 3.66. The van der Waals surface area contributed by atoms with Crippen molar-refractivity contribution in [2.24, 2.45) is 0 Å². The van der Waals surface area contributed by atoms with Gasteiger partial charge in [0, 0.05) is 23.1 Å². The van der Waals surface area contributed by atoms with Crippen LogP contribution in [0.1, 0.15) is 43.4 Å². The lowest BCUT2D eigenvalue weighted by Crippen LogP contribution is -2.14. The lowest BCUT2D eigenvalue weighted by molar-refractivity contribution is -0.138. The molecule has 0 bridgehead atoms. The second kappa shape index (κ2) is 13.0. The van der Waals surface area contributed by atoms with Crippen molar-refractivity contribution >= 4 is 17.7 Å². The molecule has 3 aromatic carbocycles. The third-order valence-electron chi connectivity index (χ3n) is 5.67. The monoisotopic (exact) mass is 554 g/mol. The van der Waals surface area contributed by atoms with Gasteiger partial charge in [-0.3, -0.25) is 4.79 Å². The Morgan fingerprint density at radius 3 is 2.37 bits per heavy atom. The van der Waals surface area contributed by atoms with Gasteiger partial charge in [0.25, 0.3) is 0 Å². The molecule has 0 amide bonds. The summed E-state index contributed by atoms with van der Waals surface area (Å²) in [5.74, 6) is -2.88. The molecule has 0 saturated carbocycles. The number of rotatable bonds is 12. The molecule has 0 spiro atoms. The molecule has 0 unspecified atom stereocenters. The van der Waals surface area contributed by atoms with Crippen molar-refractivity contribution in [3.63, 3.8) is 0 Å². The number of carboxylic acid groups (broad SMARTS) is 1. The summed E-state index contributed by atoms with van der Waals surface area (Å²) in [7, 11) is 0. The molecule has 3 rings (SSSR count). The zero-order chi connectivity index (χ0) is 27.9. The third-order valence-corrected chi connectivity index (χ3v) is 6.70. The number of carbonyl (C=O) groups is 1. The van der Waals surface area contributed by atoms with Crippen LogP contribution >= 0.6 is 11.8 Å². The minimum atomic E-state index is -4.65. The lowest BCUT2D eigenvalue weighted by Gasteiger charge is -2.19. The number of hydrogen-bond acceptors (Lipinski definition) is 4. The number of hydrogen-bond donors (Lipinski definition) is 1. The molecule has 1 N–H and O–H groups in total. The summed E-state index contributed by atoms with van der Waals surface area (Å²) in [5, 5.41) is 8.92. The van der Waals surface area contributed by atoms with Gasteiger partial charge in [0.05, 0.1) is 11.7 Å². The van der Waals surface area contributed by atoms with Crippen LogP contribution in [0.25, 0.3) is 0 Å². The van der Waals surface area contributed by atoms with Crippen molar-refractivity contribution in [2.75, 3.05) is 5.75 Å². The van der Waals surface area contributed by atoms with E-state index in [1.54, 1.807) is 18.7 Å². The maximum Gasteiger partial charge on any atom is 0.416 e. The summed E-state index contributed by atoms with van der Waals surface area (Å²) in [6, 6.07) is 11.1. The number of alkyl halides is 3. The van der Waals surface area contributed by atoms with E-state index in [-0.39, 0.29) is 17.9 Å². The van der Waals surface area contributed by atoms with E-state index in [0.29, 0.717) is 24.7 Å². The van der Waals surface area contributed by atoms with Gasteiger partial charge in [-0.25, -0.2) is 8.78 Å². The van der Waals surface area contributed by atoms with Crippen LogP contribution in [0, 0.1) is 11.6 Å². The molecule has 0 fully saturated rings. The first-order valence-corrected chi connectivity index (χ1v) is 12.9. The summed E-state index contributed by atoms with van der Waals surface area (Å²) in [6.07, 6.45) is -3.22. The molecule has 0 aliphatic carbocycles. The second-order valence-electron chi connectivity index (χ2n) is 8.58. The largest absolute Gasteiger partial charge is 0.487 e. The van der Waals surface area contributed by atoms with Crippen LogP contribution in [-0.2, 0) is 23.8 Å². The summed E-state index contributed by atoms with van der Waals surface area (Å²) in [4.78, 5) is 11.9. The number of aryl methyl sites for hydroxylation is 2. The minimum Gasteiger partial charge on any atom is -0.487 e. The molecule has 0 heterocycles. The van der Waals surface area contributed by atoms with Crippen LogP contribution in [0.15, 0.2) is 59.5 Å². The first-order chi connectivity index (χ1) is 18.0. The molecule has 0 aliphatic rings. The van der Waals surface area contributed by atoms with E-state index in [4.69, 9.17) is 14.6 Å². The molecule has 0 saturated heterocycles. The van der Waals surface area contributed by atoms with Crippen molar-refractivity contribution in [3.8, 4) is 17.2 Å². The smallest absolute Gasteiger partial charge is 0.416 e. The van der Waals surface area contributed by atoms with E-state index in [1.165, 1.54) is 0 Å². The number of carboxylic acids is 1. The van der Waals surface area contributed by atoms with Gasteiger partial charge in [-0.15, -0.1) is 11.8 Å². The van der Waals surface area contributed by atoms with Gasteiger partial charge in [0.15, 0.2) is 23.1 Å². The second-order valence-corrected chi connectivity index (χ2v) is 9.75. The van der Waals surface area contributed by atoms with Crippen molar-refractivity contribution in [3.05, 3.63) is 82.9 Å². The predicted molar refractivity (Wildman–Crippen MR) is 135 cm³/mol. The van der Waals surface area contributed by atoms with Gasteiger partial charge in [0.2, 0.25) is 0 Å². The normalized spacial score (nSPS) is 12.3. The Bertz CT molecular complexity index is 1260. The molecule has 4 nitrogen and oxygen atoms in total. The van der Waals surface area contributed by atoms with Gasteiger partial charge in [-0.1, -0.05) is 13.0 Å². The van der Waals surface area contributed by atoms with Gasteiger partial charge >= 0.3 is 12.1 Å². The van der Waals surface area contributed by atoms with Gasteiger partial charge in [-0.2, -0.15) is 13.2 Å². The van der Waals surface area contributed by atoms with Crippen molar-refractivity contribution in [1.82, 2.24) is 0 Å². The fourth-order valence-corrected chi connectivity index (χ4v) is 4.74. The molecular weight excluding hydrogens is 527 g/mol.